The average molecular weight is 431 g/mol. The van der Waals surface area contributed by atoms with Gasteiger partial charge in [-0.25, -0.2) is 4.57 Å². The number of fused-ring (bicyclic) bond motifs is 9. The number of furan rings is 1. The number of benzene rings is 3. The Hall–Kier alpha value is -3.39. The third kappa shape index (κ3) is 2.41. The fourth-order valence-electron chi connectivity index (χ4n) is 6.79. The predicted octanol–water partition coefficient (Wildman–Crippen LogP) is 7.53. The van der Waals surface area contributed by atoms with Gasteiger partial charge in [0.15, 0.2) is 6.20 Å². The monoisotopic (exact) mass is 430 g/mol. The van der Waals surface area contributed by atoms with E-state index in [0.717, 1.165) is 11.2 Å². The maximum atomic E-state index is 6.95. The number of nitrogens with zero attached hydrogens (tertiary/aromatic N) is 1. The zero-order valence-corrected chi connectivity index (χ0v) is 19.5. The van der Waals surface area contributed by atoms with Gasteiger partial charge in [0.2, 0.25) is 5.69 Å². The van der Waals surface area contributed by atoms with Crippen LogP contribution in [0.1, 0.15) is 47.9 Å². The largest absolute Gasteiger partial charge is 0.455 e. The normalized spacial score (nSPS) is 16.1. The first-order chi connectivity index (χ1) is 16.1. The Balaban J connectivity index is 1.60. The first-order valence-corrected chi connectivity index (χ1v) is 12.1. The van der Waals surface area contributed by atoms with Crippen LogP contribution in [0.3, 0.4) is 0 Å². The van der Waals surface area contributed by atoms with E-state index in [1.165, 1.54) is 81.1 Å². The van der Waals surface area contributed by atoms with Crippen molar-refractivity contribution >= 4 is 21.9 Å². The average Bonchev–Trinajstić information content (AvgIpc) is 3.51. The van der Waals surface area contributed by atoms with Gasteiger partial charge in [-0.05, 0) is 61.1 Å². The van der Waals surface area contributed by atoms with E-state index in [-0.39, 0.29) is 5.41 Å². The molecule has 2 heteroatoms. The number of hydrogen-bond donors (Lipinski definition) is 0. The molecule has 1 fully saturated rings. The molecule has 0 radical (unpaired) electrons. The maximum Gasteiger partial charge on any atom is 0.216 e. The summed E-state index contributed by atoms with van der Waals surface area (Å²) in [6.45, 7) is 4.33. The maximum absolute atomic E-state index is 6.95. The lowest BCUT2D eigenvalue weighted by Gasteiger charge is -2.26. The standard InChI is InChI=1S/C31H28NO/c1-19-10-15-26(32(3)18-19)27-20(2)11-12-23-24-14-13-22-21-8-4-5-9-25(21)31(16-6-7-17-31)28(22)30(24)33-29(23)27/h4-5,8-15,18H,6-7,16-17H2,1-3H3/q+1. The summed E-state index contributed by atoms with van der Waals surface area (Å²) in [4.78, 5) is 0. The molecule has 162 valence electrons. The van der Waals surface area contributed by atoms with Crippen molar-refractivity contribution in [2.24, 2.45) is 7.05 Å². The first kappa shape index (κ1) is 19.1. The molecule has 1 spiro atoms. The molecule has 0 unspecified atom stereocenters. The number of pyridine rings is 1. The van der Waals surface area contributed by atoms with Crippen LogP contribution in [-0.4, -0.2) is 0 Å². The molecule has 33 heavy (non-hydrogen) atoms. The summed E-state index contributed by atoms with van der Waals surface area (Å²) >= 11 is 0. The Kier molecular flexibility index (Phi) is 3.81. The first-order valence-electron chi connectivity index (χ1n) is 12.1. The Bertz CT molecular complexity index is 1600. The van der Waals surface area contributed by atoms with Gasteiger partial charge >= 0.3 is 0 Å². The molecule has 2 aliphatic carbocycles. The fraction of sp³-hybridized carbons (Fsp3) is 0.258. The third-order valence-electron chi connectivity index (χ3n) is 8.22. The highest BCUT2D eigenvalue weighted by Gasteiger charge is 2.47. The minimum Gasteiger partial charge on any atom is -0.455 e. The Labute approximate surface area is 194 Å². The topological polar surface area (TPSA) is 17.0 Å². The van der Waals surface area contributed by atoms with Crippen LogP contribution in [-0.2, 0) is 12.5 Å². The molecule has 0 N–H and O–H groups in total. The molecule has 0 bridgehead atoms. The number of hydrogen-bond acceptors (Lipinski definition) is 1. The zero-order chi connectivity index (χ0) is 22.3. The second-order valence-corrected chi connectivity index (χ2v) is 10.1. The van der Waals surface area contributed by atoms with Crippen molar-refractivity contribution in [2.75, 3.05) is 0 Å². The summed E-state index contributed by atoms with van der Waals surface area (Å²) in [5.41, 5.74) is 12.8. The summed E-state index contributed by atoms with van der Waals surface area (Å²) in [5, 5.41) is 2.47. The molecule has 0 aliphatic heterocycles. The van der Waals surface area contributed by atoms with E-state index < -0.39 is 0 Å². The molecule has 2 aromatic heterocycles. The second kappa shape index (κ2) is 6.57. The minimum absolute atomic E-state index is 0.100. The van der Waals surface area contributed by atoms with E-state index in [1.807, 2.05) is 0 Å². The van der Waals surface area contributed by atoms with Crippen LogP contribution >= 0.6 is 0 Å². The Morgan fingerprint density at radius 2 is 1.55 bits per heavy atom. The molecule has 0 saturated heterocycles. The SMILES string of the molecule is Cc1ccc(-c2c(C)ccc3c2oc2c4c(ccc23)-c2ccccc2C42CCCC2)[n+](C)c1. The van der Waals surface area contributed by atoms with Crippen LogP contribution in [0.2, 0.25) is 0 Å². The van der Waals surface area contributed by atoms with E-state index in [9.17, 15) is 0 Å². The molecular formula is C31H28NO+. The van der Waals surface area contributed by atoms with Gasteiger partial charge in [-0.15, -0.1) is 0 Å². The quantitative estimate of drug-likeness (QED) is 0.251. The lowest BCUT2D eigenvalue weighted by molar-refractivity contribution is -0.660. The van der Waals surface area contributed by atoms with E-state index in [0.29, 0.717) is 0 Å². The molecular weight excluding hydrogens is 402 g/mol. The molecule has 1 saturated carbocycles. The van der Waals surface area contributed by atoms with Gasteiger partial charge in [-0.1, -0.05) is 55.3 Å². The number of aromatic nitrogens is 1. The van der Waals surface area contributed by atoms with E-state index in [2.05, 4.69) is 92.3 Å². The van der Waals surface area contributed by atoms with Crippen molar-refractivity contribution in [3.05, 3.63) is 89.1 Å². The molecule has 2 heterocycles. The number of aryl methyl sites for hydroxylation is 3. The summed E-state index contributed by atoms with van der Waals surface area (Å²) in [6, 6.07) is 22.6. The second-order valence-electron chi connectivity index (χ2n) is 10.1. The summed E-state index contributed by atoms with van der Waals surface area (Å²) in [7, 11) is 2.13. The van der Waals surface area contributed by atoms with Crippen molar-refractivity contribution in [3.63, 3.8) is 0 Å². The number of rotatable bonds is 1. The molecule has 0 amide bonds. The molecule has 2 nitrogen and oxygen atoms in total. The molecule has 7 rings (SSSR count). The lowest BCUT2D eigenvalue weighted by atomic mass is 9.76. The van der Waals surface area contributed by atoms with E-state index >= 15 is 0 Å². The van der Waals surface area contributed by atoms with Crippen LogP contribution in [0.15, 0.2) is 71.3 Å². The van der Waals surface area contributed by atoms with Crippen molar-refractivity contribution < 1.29 is 8.98 Å². The van der Waals surface area contributed by atoms with Crippen LogP contribution in [0.25, 0.3) is 44.3 Å². The summed E-state index contributed by atoms with van der Waals surface area (Å²) < 4.78 is 9.18. The van der Waals surface area contributed by atoms with Crippen LogP contribution in [0, 0.1) is 13.8 Å². The van der Waals surface area contributed by atoms with Crippen molar-refractivity contribution in [1.29, 1.82) is 0 Å². The van der Waals surface area contributed by atoms with E-state index in [4.69, 9.17) is 4.42 Å². The predicted molar refractivity (Wildman–Crippen MR) is 134 cm³/mol. The highest BCUT2D eigenvalue weighted by Crippen LogP contribution is 2.59. The molecule has 0 atom stereocenters. The highest BCUT2D eigenvalue weighted by atomic mass is 16.3. The van der Waals surface area contributed by atoms with Crippen molar-refractivity contribution in [1.82, 2.24) is 0 Å². The van der Waals surface area contributed by atoms with Crippen LogP contribution in [0.4, 0.5) is 0 Å². The van der Waals surface area contributed by atoms with Crippen molar-refractivity contribution in [2.45, 2.75) is 44.9 Å². The Morgan fingerprint density at radius 1 is 0.788 bits per heavy atom. The van der Waals surface area contributed by atoms with Gasteiger partial charge in [0.1, 0.15) is 18.2 Å². The highest BCUT2D eigenvalue weighted by molar-refractivity contribution is 6.12. The summed E-state index contributed by atoms with van der Waals surface area (Å²) in [6.07, 6.45) is 7.19. The third-order valence-corrected chi connectivity index (χ3v) is 8.22. The van der Waals surface area contributed by atoms with Gasteiger partial charge in [0.25, 0.3) is 0 Å². The minimum atomic E-state index is 0.100. The fourth-order valence-corrected chi connectivity index (χ4v) is 6.79. The van der Waals surface area contributed by atoms with Gasteiger partial charge in [-0.3, -0.25) is 0 Å². The lowest BCUT2D eigenvalue weighted by Crippen LogP contribution is -2.31. The smallest absolute Gasteiger partial charge is 0.216 e. The van der Waals surface area contributed by atoms with Gasteiger partial charge in [0.05, 0.1) is 5.56 Å². The van der Waals surface area contributed by atoms with E-state index in [1.54, 1.807) is 0 Å². The van der Waals surface area contributed by atoms with Crippen LogP contribution < -0.4 is 4.57 Å². The zero-order valence-electron chi connectivity index (χ0n) is 19.5. The van der Waals surface area contributed by atoms with Crippen LogP contribution in [0.5, 0.6) is 0 Å². The van der Waals surface area contributed by atoms with Gasteiger partial charge in [0, 0.05) is 33.4 Å². The summed E-state index contributed by atoms with van der Waals surface area (Å²) in [5.74, 6) is 0. The molecule has 2 aliphatic rings. The Morgan fingerprint density at radius 3 is 2.36 bits per heavy atom. The van der Waals surface area contributed by atoms with Gasteiger partial charge in [-0.2, -0.15) is 0 Å². The van der Waals surface area contributed by atoms with Crippen molar-refractivity contribution in [3.8, 4) is 22.4 Å². The molecule has 5 aromatic rings. The molecule has 3 aromatic carbocycles. The van der Waals surface area contributed by atoms with Gasteiger partial charge < -0.3 is 4.42 Å².